The molecule has 0 aliphatic heterocycles. The summed E-state index contributed by atoms with van der Waals surface area (Å²) in [6, 6.07) is 6.86. The van der Waals surface area contributed by atoms with E-state index < -0.39 is 10.0 Å². The van der Waals surface area contributed by atoms with Gasteiger partial charge in [0.25, 0.3) is 0 Å². The van der Waals surface area contributed by atoms with Crippen LogP contribution in [0.15, 0.2) is 29.2 Å². The average Bonchev–Trinajstić information content (AvgIpc) is 3.22. The number of hydrogen-bond acceptors (Lipinski definition) is 4. The first kappa shape index (κ1) is 15.0. The average molecular weight is 297 g/mol. The Morgan fingerprint density at radius 1 is 1.30 bits per heavy atom. The lowest BCUT2D eigenvalue weighted by Gasteiger charge is -2.10. The predicted molar refractivity (Wildman–Crippen MR) is 75.3 cm³/mol. The lowest BCUT2D eigenvalue weighted by Crippen LogP contribution is -2.32. The molecule has 0 aromatic heterocycles. The number of nitrogens with two attached hydrogens (primary N) is 1. The van der Waals surface area contributed by atoms with Crippen molar-refractivity contribution in [1.82, 2.24) is 10.0 Å². The largest absolute Gasteiger partial charge is 0.353 e. The molecule has 1 aromatic rings. The minimum absolute atomic E-state index is 0.0831. The van der Waals surface area contributed by atoms with Crippen molar-refractivity contribution in [2.45, 2.75) is 36.7 Å². The first-order valence-corrected chi connectivity index (χ1v) is 8.08. The van der Waals surface area contributed by atoms with Crippen LogP contribution in [0.5, 0.6) is 0 Å². The van der Waals surface area contributed by atoms with Gasteiger partial charge >= 0.3 is 0 Å². The zero-order valence-electron chi connectivity index (χ0n) is 11.1. The van der Waals surface area contributed by atoms with Crippen LogP contribution in [0.1, 0.15) is 24.8 Å². The van der Waals surface area contributed by atoms with E-state index in [9.17, 15) is 13.2 Å². The van der Waals surface area contributed by atoms with Gasteiger partial charge in [0, 0.05) is 25.6 Å². The van der Waals surface area contributed by atoms with Gasteiger partial charge < -0.3 is 11.1 Å². The number of hydrogen-bond donors (Lipinski definition) is 3. The van der Waals surface area contributed by atoms with E-state index >= 15 is 0 Å². The van der Waals surface area contributed by atoms with Gasteiger partial charge in [-0.2, -0.15) is 0 Å². The second-order valence-electron chi connectivity index (χ2n) is 4.80. The van der Waals surface area contributed by atoms with Gasteiger partial charge in [0.15, 0.2) is 0 Å². The Morgan fingerprint density at radius 3 is 2.65 bits per heavy atom. The molecule has 7 heteroatoms. The summed E-state index contributed by atoms with van der Waals surface area (Å²) in [6.45, 7) is 0.235. The summed E-state index contributed by atoms with van der Waals surface area (Å²) in [4.78, 5) is 11.6. The van der Waals surface area contributed by atoms with E-state index in [1.54, 1.807) is 18.2 Å². The number of benzene rings is 1. The lowest BCUT2D eigenvalue weighted by molar-refractivity contribution is -0.121. The second kappa shape index (κ2) is 6.34. The summed E-state index contributed by atoms with van der Waals surface area (Å²) in [5.74, 6) is -0.123. The molecule has 0 heterocycles. The Kier molecular flexibility index (Phi) is 4.74. The molecule has 1 fully saturated rings. The number of rotatable bonds is 7. The molecule has 0 bridgehead atoms. The smallest absolute Gasteiger partial charge is 0.240 e. The van der Waals surface area contributed by atoms with Crippen LogP contribution in [0.2, 0.25) is 0 Å². The highest BCUT2D eigenvalue weighted by Gasteiger charge is 2.23. The highest BCUT2D eigenvalue weighted by atomic mass is 32.2. The topological polar surface area (TPSA) is 101 Å². The number of amides is 1. The molecular weight excluding hydrogens is 278 g/mol. The molecule has 110 valence electrons. The molecule has 1 aromatic carbocycles. The van der Waals surface area contributed by atoms with Crippen molar-refractivity contribution in [3.05, 3.63) is 29.8 Å². The van der Waals surface area contributed by atoms with Crippen LogP contribution in [0, 0.1) is 0 Å². The van der Waals surface area contributed by atoms with Crippen LogP contribution < -0.4 is 15.8 Å². The van der Waals surface area contributed by atoms with Crippen LogP contribution in [0.3, 0.4) is 0 Å². The monoisotopic (exact) mass is 297 g/mol. The van der Waals surface area contributed by atoms with E-state index in [1.807, 2.05) is 0 Å². The van der Waals surface area contributed by atoms with E-state index in [2.05, 4.69) is 10.0 Å². The van der Waals surface area contributed by atoms with E-state index in [0.717, 1.165) is 12.8 Å². The molecule has 0 atom stereocenters. The molecule has 0 saturated heterocycles. The number of carbonyl (C=O) groups is 1. The SMILES string of the molecule is NCc1ccccc1S(=O)(=O)NCCC(=O)NC1CC1. The van der Waals surface area contributed by atoms with Crippen molar-refractivity contribution in [2.75, 3.05) is 6.54 Å². The minimum Gasteiger partial charge on any atom is -0.353 e. The fourth-order valence-electron chi connectivity index (χ4n) is 1.84. The number of carbonyl (C=O) groups excluding carboxylic acids is 1. The summed E-state index contributed by atoms with van der Waals surface area (Å²) in [5, 5.41) is 2.81. The Morgan fingerprint density at radius 2 is 2.00 bits per heavy atom. The molecule has 2 rings (SSSR count). The quantitative estimate of drug-likeness (QED) is 0.664. The van der Waals surface area contributed by atoms with Gasteiger partial charge in [-0.25, -0.2) is 13.1 Å². The predicted octanol–water partition coefficient (Wildman–Crippen LogP) is 0.0923. The summed E-state index contributed by atoms with van der Waals surface area (Å²) in [6.07, 6.45) is 2.17. The first-order valence-electron chi connectivity index (χ1n) is 6.60. The molecule has 4 N–H and O–H groups in total. The van der Waals surface area contributed by atoms with E-state index in [0.29, 0.717) is 5.56 Å². The highest BCUT2D eigenvalue weighted by molar-refractivity contribution is 7.89. The normalized spacial score (nSPS) is 15.1. The van der Waals surface area contributed by atoms with Crippen LogP contribution in [-0.2, 0) is 21.4 Å². The highest BCUT2D eigenvalue weighted by Crippen LogP contribution is 2.18. The van der Waals surface area contributed by atoms with Crippen molar-refractivity contribution >= 4 is 15.9 Å². The zero-order chi connectivity index (χ0) is 14.6. The Labute approximate surface area is 118 Å². The van der Waals surface area contributed by atoms with Gasteiger partial charge in [-0.15, -0.1) is 0 Å². The van der Waals surface area contributed by atoms with Gasteiger partial charge in [0.1, 0.15) is 0 Å². The van der Waals surface area contributed by atoms with Gasteiger partial charge in [0.05, 0.1) is 4.90 Å². The Balaban J connectivity index is 1.91. The first-order chi connectivity index (χ1) is 9.53. The van der Waals surface area contributed by atoms with Crippen LogP contribution >= 0.6 is 0 Å². The van der Waals surface area contributed by atoms with Crippen LogP contribution in [0.4, 0.5) is 0 Å². The number of sulfonamides is 1. The zero-order valence-corrected chi connectivity index (χ0v) is 11.9. The van der Waals surface area contributed by atoms with Gasteiger partial charge in [-0.3, -0.25) is 4.79 Å². The molecule has 6 nitrogen and oxygen atoms in total. The lowest BCUT2D eigenvalue weighted by atomic mass is 10.2. The third-order valence-corrected chi connectivity index (χ3v) is 4.63. The molecule has 1 aliphatic rings. The summed E-state index contributed by atoms with van der Waals surface area (Å²) < 4.78 is 26.7. The standard InChI is InChI=1S/C13H19N3O3S/c14-9-10-3-1-2-4-12(10)20(18,19)15-8-7-13(17)16-11-5-6-11/h1-4,11,15H,5-9,14H2,(H,16,17). The molecule has 1 aliphatic carbocycles. The van der Waals surface area contributed by atoms with Gasteiger partial charge in [-0.05, 0) is 24.5 Å². The van der Waals surface area contributed by atoms with Crippen molar-refractivity contribution in [1.29, 1.82) is 0 Å². The summed E-state index contributed by atoms with van der Waals surface area (Å²) in [5.41, 5.74) is 6.09. The summed E-state index contributed by atoms with van der Waals surface area (Å²) in [7, 11) is -3.62. The molecule has 0 spiro atoms. The maximum absolute atomic E-state index is 12.1. The molecule has 1 saturated carbocycles. The fourth-order valence-corrected chi connectivity index (χ4v) is 3.12. The maximum atomic E-state index is 12.1. The van der Waals surface area contributed by atoms with Crippen molar-refractivity contribution < 1.29 is 13.2 Å². The fraction of sp³-hybridized carbons (Fsp3) is 0.462. The number of nitrogens with one attached hydrogen (secondary N) is 2. The maximum Gasteiger partial charge on any atom is 0.240 e. The molecular formula is C13H19N3O3S. The van der Waals surface area contributed by atoms with Gasteiger partial charge in [0.2, 0.25) is 15.9 Å². The van der Waals surface area contributed by atoms with Crippen molar-refractivity contribution in [3.8, 4) is 0 Å². The second-order valence-corrected chi connectivity index (χ2v) is 6.54. The molecule has 0 radical (unpaired) electrons. The van der Waals surface area contributed by atoms with Crippen molar-refractivity contribution in [2.24, 2.45) is 5.73 Å². The molecule has 0 unspecified atom stereocenters. The van der Waals surface area contributed by atoms with E-state index in [-0.39, 0.29) is 36.4 Å². The Bertz CT molecular complexity index is 582. The van der Waals surface area contributed by atoms with Gasteiger partial charge in [-0.1, -0.05) is 18.2 Å². The van der Waals surface area contributed by atoms with Crippen LogP contribution in [-0.4, -0.2) is 26.9 Å². The third kappa shape index (κ3) is 4.03. The summed E-state index contributed by atoms with van der Waals surface area (Å²) >= 11 is 0. The Hall–Kier alpha value is -1.44. The molecule has 1 amide bonds. The van der Waals surface area contributed by atoms with Crippen molar-refractivity contribution in [3.63, 3.8) is 0 Å². The minimum atomic E-state index is -3.62. The third-order valence-electron chi connectivity index (χ3n) is 3.07. The molecule has 20 heavy (non-hydrogen) atoms. The van der Waals surface area contributed by atoms with E-state index in [1.165, 1.54) is 6.07 Å². The van der Waals surface area contributed by atoms with E-state index in [4.69, 9.17) is 5.73 Å². The van der Waals surface area contributed by atoms with Crippen LogP contribution in [0.25, 0.3) is 0 Å².